The largest absolute Gasteiger partial charge is 0.381 e. The number of nitrogens with one attached hydrogen (secondary N) is 1. The van der Waals surface area contributed by atoms with Crippen molar-refractivity contribution < 1.29 is 9.53 Å². The monoisotopic (exact) mass is 507 g/mol. The Morgan fingerprint density at radius 3 is 2.12 bits per heavy atom. The molecule has 5 heteroatoms. The molecule has 0 spiro atoms. The quantitative estimate of drug-likeness (QED) is 0.294. The molecule has 2 atom stereocenters. The normalized spacial score (nSPS) is 19.3. The van der Waals surface area contributed by atoms with Gasteiger partial charge < -0.3 is 10.1 Å². The van der Waals surface area contributed by atoms with Gasteiger partial charge in [0.1, 0.15) is 0 Å². The van der Waals surface area contributed by atoms with Crippen molar-refractivity contribution >= 4 is 29.4 Å². The topological polar surface area (TPSA) is 38.3 Å². The Balaban J connectivity index is 1.92. The van der Waals surface area contributed by atoms with Crippen LogP contribution >= 0.6 is 23.5 Å². The van der Waals surface area contributed by atoms with E-state index in [2.05, 4.69) is 72.0 Å². The maximum atomic E-state index is 12.4. The van der Waals surface area contributed by atoms with E-state index in [4.69, 9.17) is 4.74 Å². The molecule has 1 aromatic carbocycles. The van der Waals surface area contributed by atoms with E-state index in [1.807, 2.05) is 23.5 Å². The number of carbonyl (C=O) groups excluding carboxylic acids is 1. The SMILES string of the molecule is CCCCOCCCNC(=O)CS[C@@H]1CCCC[C@H]1Sc1cc(C(C)(C)C)cc(C(C)(C)C)c1. The van der Waals surface area contributed by atoms with Crippen molar-refractivity contribution in [3.05, 3.63) is 29.3 Å². The number of hydrogen-bond acceptors (Lipinski definition) is 4. The van der Waals surface area contributed by atoms with Crippen LogP contribution in [0.25, 0.3) is 0 Å². The van der Waals surface area contributed by atoms with Crippen LogP contribution in [-0.2, 0) is 20.4 Å². The van der Waals surface area contributed by atoms with Gasteiger partial charge in [0.2, 0.25) is 5.91 Å². The zero-order valence-electron chi connectivity index (χ0n) is 22.8. The summed E-state index contributed by atoms with van der Waals surface area (Å²) in [7, 11) is 0. The Hall–Kier alpha value is -0.650. The average Bonchev–Trinajstić information content (AvgIpc) is 2.76. The third-order valence-electron chi connectivity index (χ3n) is 6.43. The van der Waals surface area contributed by atoms with Gasteiger partial charge in [-0.05, 0) is 59.8 Å². The van der Waals surface area contributed by atoms with Crippen molar-refractivity contribution in [2.75, 3.05) is 25.5 Å². The van der Waals surface area contributed by atoms with Gasteiger partial charge in [0, 0.05) is 35.2 Å². The van der Waals surface area contributed by atoms with Gasteiger partial charge in [-0.25, -0.2) is 0 Å². The molecular weight excluding hydrogens is 458 g/mol. The van der Waals surface area contributed by atoms with Gasteiger partial charge in [-0.1, -0.05) is 73.8 Å². The highest BCUT2D eigenvalue weighted by Crippen LogP contribution is 2.41. The number of amides is 1. The summed E-state index contributed by atoms with van der Waals surface area (Å²) in [4.78, 5) is 13.8. The fraction of sp³-hybridized carbons (Fsp3) is 0.759. The van der Waals surface area contributed by atoms with E-state index in [0.29, 0.717) is 22.8 Å². The molecule has 1 aliphatic rings. The Morgan fingerprint density at radius 1 is 0.941 bits per heavy atom. The number of benzene rings is 1. The predicted molar refractivity (Wildman–Crippen MR) is 152 cm³/mol. The molecule has 0 aromatic heterocycles. The van der Waals surface area contributed by atoms with Gasteiger partial charge in [0.15, 0.2) is 0 Å². The maximum Gasteiger partial charge on any atom is 0.230 e. The molecular formula is C29H49NO2S2. The number of rotatable bonds is 12. The molecule has 1 fully saturated rings. The molecule has 1 aromatic rings. The second kappa shape index (κ2) is 14.2. The minimum Gasteiger partial charge on any atom is -0.381 e. The van der Waals surface area contributed by atoms with E-state index in [-0.39, 0.29) is 16.7 Å². The van der Waals surface area contributed by atoms with Crippen LogP contribution in [0.3, 0.4) is 0 Å². The van der Waals surface area contributed by atoms with E-state index in [1.165, 1.54) is 41.7 Å². The highest BCUT2D eigenvalue weighted by Gasteiger charge is 2.28. The van der Waals surface area contributed by atoms with E-state index in [1.54, 1.807) is 0 Å². The minimum atomic E-state index is 0.135. The molecule has 34 heavy (non-hydrogen) atoms. The number of ether oxygens (including phenoxy) is 1. The second-order valence-electron chi connectivity index (χ2n) is 11.7. The summed E-state index contributed by atoms with van der Waals surface area (Å²) < 4.78 is 5.58. The Kier molecular flexibility index (Phi) is 12.3. The first-order valence-corrected chi connectivity index (χ1v) is 15.2. The van der Waals surface area contributed by atoms with Crippen LogP contribution in [0.5, 0.6) is 0 Å². The lowest BCUT2D eigenvalue weighted by Gasteiger charge is -2.32. The molecule has 3 nitrogen and oxygen atoms in total. The standard InChI is InChI=1S/C29H49NO2S2/c1-8-9-16-32-17-12-15-30-27(31)21-33-25-13-10-11-14-26(25)34-24-19-22(28(2,3)4)18-23(20-24)29(5,6)7/h18-20,25-26H,8-17,21H2,1-7H3,(H,30,31)/t25-,26-/m1/s1. The van der Waals surface area contributed by atoms with Crippen LogP contribution in [-0.4, -0.2) is 41.9 Å². The number of unbranched alkanes of at least 4 members (excludes halogenated alkanes) is 1. The summed E-state index contributed by atoms with van der Waals surface area (Å²) in [5.74, 6) is 0.728. The molecule has 0 bridgehead atoms. The fourth-order valence-electron chi connectivity index (χ4n) is 4.08. The van der Waals surface area contributed by atoms with Crippen LogP contribution < -0.4 is 5.32 Å². The molecule has 0 aliphatic heterocycles. The Bertz CT molecular complexity index is 719. The lowest BCUT2D eigenvalue weighted by Crippen LogP contribution is -2.30. The van der Waals surface area contributed by atoms with E-state index in [0.717, 1.165) is 32.5 Å². The van der Waals surface area contributed by atoms with Crippen molar-refractivity contribution in [1.29, 1.82) is 0 Å². The summed E-state index contributed by atoms with van der Waals surface area (Å²) in [6.07, 6.45) is 8.19. The zero-order valence-corrected chi connectivity index (χ0v) is 24.4. The summed E-state index contributed by atoms with van der Waals surface area (Å²) >= 11 is 3.91. The van der Waals surface area contributed by atoms with Crippen molar-refractivity contribution in [3.63, 3.8) is 0 Å². The predicted octanol–water partition coefficient (Wildman–Crippen LogP) is 7.74. The van der Waals surface area contributed by atoms with Crippen molar-refractivity contribution in [2.24, 2.45) is 0 Å². The molecule has 0 radical (unpaired) electrons. The molecule has 0 heterocycles. The zero-order chi connectivity index (χ0) is 25.2. The molecule has 1 amide bonds. The number of hydrogen-bond donors (Lipinski definition) is 1. The number of carbonyl (C=O) groups is 1. The van der Waals surface area contributed by atoms with E-state index >= 15 is 0 Å². The van der Waals surface area contributed by atoms with Crippen molar-refractivity contribution in [1.82, 2.24) is 5.32 Å². The van der Waals surface area contributed by atoms with Crippen LogP contribution in [0.15, 0.2) is 23.1 Å². The minimum absolute atomic E-state index is 0.135. The van der Waals surface area contributed by atoms with Gasteiger partial charge in [-0.15, -0.1) is 23.5 Å². The molecule has 1 saturated carbocycles. The maximum absolute atomic E-state index is 12.4. The molecule has 1 aliphatic carbocycles. The van der Waals surface area contributed by atoms with Gasteiger partial charge >= 0.3 is 0 Å². The Labute approximate surface area is 218 Å². The highest BCUT2D eigenvalue weighted by atomic mass is 32.2. The lowest BCUT2D eigenvalue weighted by atomic mass is 9.81. The van der Waals surface area contributed by atoms with Gasteiger partial charge in [0.05, 0.1) is 5.75 Å². The highest BCUT2D eigenvalue weighted by molar-refractivity contribution is 8.04. The van der Waals surface area contributed by atoms with Crippen molar-refractivity contribution in [3.8, 4) is 0 Å². The summed E-state index contributed by atoms with van der Waals surface area (Å²) in [5, 5.41) is 4.19. The lowest BCUT2D eigenvalue weighted by molar-refractivity contribution is -0.118. The van der Waals surface area contributed by atoms with Gasteiger partial charge in [-0.3, -0.25) is 4.79 Å². The first kappa shape index (κ1) is 29.6. The Morgan fingerprint density at radius 2 is 1.53 bits per heavy atom. The van der Waals surface area contributed by atoms with Crippen molar-refractivity contribution in [2.45, 2.75) is 120 Å². The average molecular weight is 508 g/mol. The fourth-order valence-corrected chi connectivity index (χ4v) is 6.95. The van der Waals surface area contributed by atoms with Gasteiger partial charge in [-0.2, -0.15) is 0 Å². The van der Waals surface area contributed by atoms with Crippen LogP contribution in [0.1, 0.15) is 105 Å². The molecule has 0 saturated heterocycles. The number of thioether (sulfide) groups is 2. The first-order chi connectivity index (χ1) is 16.0. The third-order valence-corrected chi connectivity index (χ3v) is 9.39. The van der Waals surface area contributed by atoms with Crippen LogP contribution in [0, 0.1) is 0 Å². The summed E-state index contributed by atoms with van der Waals surface area (Å²) in [6, 6.07) is 7.22. The smallest absolute Gasteiger partial charge is 0.230 e. The van der Waals surface area contributed by atoms with E-state index in [9.17, 15) is 4.79 Å². The van der Waals surface area contributed by atoms with E-state index < -0.39 is 0 Å². The first-order valence-electron chi connectivity index (χ1n) is 13.3. The third kappa shape index (κ3) is 10.5. The summed E-state index contributed by atoms with van der Waals surface area (Å²) in [5.41, 5.74) is 3.10. The second-order valence-corrected chi connectivity index (χ2v) is 14.2. The molecule has 1 N–H and O–H groups in total. The molecule has 0 unspecified atom stereocenters. The molecule has 194 valence electrons. The van der Waals surface area contributed by atoms with Crippen LogP contribution in [0.4, 0.5) is 0 Å². The summed E-state index contributed by atoms with van der Waals surface area (Å²) in [6.45, 7) is 18.3. The van der Waals surface area contributed by atoms with Crippen LogP contribution in [0.2, 0.25) is 0 Å². The molecule has 2 rings (SSSR count). The van der Waals surface area contributed by atoms with Gasteiger partial charge in [0.25, 0.3) is 0 Å².